The van der Waals surface area contributed by atoms with E-state index in [1.807, 2.05) is 11.8 Å². The molecule has 1 amide bonds. The lowest BCUT2D eigenvalue weighted by atomic mass is 9.85. The summed E-state index contributed by atoms with van der Waals surface area (Å²) in [7, 11) is 3.02. The lowest BCUT2D eigenvalue weighted by Gasteiger charge is -2.42. The van der Waals surface area contributed by atoms with Gasteiger partial charge in [0.25, 0.3) is 5.91 Å². The monoisotopic (exact) mass is 336 g/mol. The molecule has 2 rings (SSSR count). The highest BCUT2D eigenvalue weighted by Crippen LogP contribution is 2.30. The van der Waals surface area contributed by atoms with Crippen molar-refractivity contribution in [1.29, 1.82) is 0 Å². The number of carboxylic acid groups (broad SMARTS) is 1. The quantitative estimate of drug-likeness (QED) is 0.745. The molecule has 1 aromatic rings. The van der Waals surface area contributed by atoms with E-state index < -0.39 is 5.97 Å². The number of methoxy groups -OCH3 is 2. The van der Waals surface area contributed by atoms with Crippen LogP contribution >= 0.6 is 0 Å². The highest BCUT2D eigenvalue weighted by molar-refractivity contribution is 6.00. The van der Waals surface area contributed by atoms with Gasteiger partial charge >= 0.3 is 5.97 Å². The summed E-state index contributed by atoms with van der Waals surface area (Å²) in [6, 6.07) is 5.41. The van der Waals surface area contributed by atoms with E-state index in [2.05, 4.69) is 5.32 Å². The van der Waals surface area contributed by atoms with E-state index in [9.17, 15) is 9.59 Å². The molecule has 1 saturated carbocycles. The minimum absolute atomic E-state index is 0.0277. The number of hydrogen-bond acceptors (Lipinski definition) is 5. The molecule has 0 aliphatic heterocycles. The fraction of sp³-hybridized carbons (Fsp3) is 0.529. The van der Waals surface area contributed by atoms with Crippen LogP contribution in [0.3, 0.4) is 0 Å². The number of nitrogens with zero attached hydrogens (tertiary/aromatic N) is 1. The molecule has 0 unspecified atom stereocenters. The first-order valence-electron chi connectivity index (χ1n) is 7.97. The molecule has 132 valence electrons. The Morgan fingerprint density at radius 1 is 1.25 bits per heavy atom. The average Bonchev–Trinajstić information content (AvgIpc) is 2.54. The third-order valence-electron chi connectivity index (χ3n) is 4.36. The third kappa shape index (κ3) is 3.97. The van der Waals surface area contributed by atoms with Crippen molar-refractivity contribution in [3.63, 3.8) is 0 Å². The zero-order valence-corrected chi connectivity index (χ0v) is 14.2. The number of carboxylic acids is 1. The Balaban J connectivity index is 1.97. The standard InChI is InChI=1S/C17H24N2O5/c1-4-19(10-15(20)21)12-8-11(9-12)18-17(22)16-13(23-2)6-5-7-14(16)24-3/h5-7,11-12H,4,8-10H2,1-3H3,(H,18,22)(H,20,21). The van der Waals surface area contributed by atoms with Crippen LogP contribution in [0.25, 0.3) is 0 Å². The van der Waals surface area contributed by atoms with E-state index >= 15 is 0 Å². The Morgan fingerprint density at radius 2 is 1.83 bits per heavy atom. The molecular weight excluding hydrogens is 312 g/mol. The second-order valence-corrected chi connectivity index (χ2v) is 5.79. The number of amides is 1. The summed E-state index contributed by atoms with van der Waals surface area (Å²) >= 11 is 0. The van der Waals surface area contributed by atoms with Crippen molar-refractivity contribution in [2.45, 2.75) is 31.8 Å². The van der Waals surface area contributed by atoms with Crippen molar-refractivity contribution >= 4 is 11.9 Å². The maximum Gasteiger partial charge on any atom is 0.317 e. The van der Waals surface area contributed by atoms with Crippen LogP contribution in [-0.2, 0) is 4.79 Å². The zero-order valence-electron chi connectivity index (χ0n) is 14.2. The van der Waals surface area contributed by atoms with E-state index in [0.29, 0.717) is 23.6 Å². The Hall–Kier alpha value is -2.28. The molecule has 0 radical (unpaired) electrons. The van der Waals surface area contributed by atoms with Gasteiger partial charge in [-0.2, -0.15) is 0 Å². The first-order chi connectivity index (χ1) is 11.5. The van der Waals surface area contributed by atoms with E-state index in [1.54, 1.807) is 18.2 Å². The molecule has 0 saturated heterocycles. The summed E-state index contributed by atoms with van der Waals surface area (Å²) in [5.41, 5.74) is 0.379. The van der Waals surface area contributed by atoms with Gasteiger partial charge in [0.15, 0.2) is 0 Å². The summed E-state index contributed by atoms with van der Waals surface area (Å²) in [6.07, 6.45) is 1.48. The molecule has 7 heteroatoms. The van der Waals surface area contributed by atoms with Crippen molar-refractivity contribution in [2.24, 2.45) is 0 Å². The molecular formula is C17H24N2O5. The maximum atomic E-state index is 12.6. The molecule has 0 heterocycles. The Bertz CT molecular complexity index is 576. The molecule has 0 atom stereocenters. The highest BCUT2D eigenvalue weighted by atomic mass is 16.5. The van der Waals surface area contributed by atoms with Crippen LogP contribution in [0.2, 0.25) is 0 Å². The molecule has 7 nitrogen and oxygen atoms in total. The first kappa shape index (κ1) is 18.1. The van der Waals surface area contributed by atoms with Crippen molar-refractivity contribution in [1.82, 2.24) is 10.2 Å². The van der Waals surface area contributed by atoms with Gasteiger partial charge < -0.3 is 19.9 Å². The molecule has 1 aliphatic rings. The van der Waals surface area contributed by atoms with E-state index in [0.717, 1.165) is 12.8 Å². The Kier molecular flexibility index (Phi) is 6.03. The average molecular weight is 336 g/mol. The number of carbonyl (C=O) groups is 2. The number of hydrogen-bond donors (Lipinski definition) is 2. The number of aliphatic carboxylic acids is 1. The molecule has 0 aromatic heterocycles. The van der Waals surface area contributed by atoms with Gasteiger partial charge in [-0.1, -0.05) is 13.0 Å². The summed E-state index contributed by atoms with van der Waals surface area (Å²) in [4.78, 5) is 25.3. The first-order valence-corrected chi connectivity index (χ1v) is 7.97. The van der Waals surface area contributed by atoms with Gasteiger partial charge in [-0.3, -0.25) is 14.5 Å². The lowest BCUT2D eigenvalue weighted by Crippen LogP contribution is -2.54. The molecule has 0 spiro atoms. The number of ether oxygens (including phenoxy) is 2. The number of carbonyl (C=O) groups excluding carboxylic acids is 1. The smallest absolute Gasteiger partial charge is 0.317 e. The van der Waals surface area contributed by atoms with E-state index in [-0.39, 0.29) is 24.5 Å². The molecule has 2 N–H and O–H groups in total. The lowest BCUT2D eigenvalue weighted by molar-refractivity contribution is -0.139. The second-order valence-electron chi connectivity index (χ2n) is 5.79. The second kappa shape index (κ2) is 8.01. The minimum atomic E-state index is -0.830. The van der Waals surface area contributed by atoms with E-state index in [4.69, 9.17) is 14.6 Å². The van der Waals surface area contributed by atoms with Gasteiger partial charge in [-0.15, -0.1) is 0 Å². The molecule has 1 aromatic carbocycles. The normalized spacial score (nSPS) is 19.5. The van der Waals surface area contributed by atoms with Crippen LogP contribution < -0.4 is 14.8 Å². The number of benzene rings is 1. The van der Waals surface area contributed by atoms with Crippen LogP contribution in [0, 0.1) is 0 Å². The maximum absolute atomic E-state index is 12.6. The third-order valence-corrected chi connectivity index (χ3v) is 4.36. The zero-order chi connectivity index (χ0) is 17.7. The predicted molar refractivity (Wildman–Crippen MR) is 88.7 cm³/mol. The van der Waals surface area contributed by atoms with E-state index in [1.165, 1.54) is 14.2 Å². The van der Waals surface area contributed by atoms with Crippen molar-refractivity contribution in [3.8, 4) is 11.5 Å². The number of likely N-dealkylation sites (N-methyl/N-ethyl adjacent to an activating group) is 1. The summed E-state index contributed by atoms with van der Waals surface area (Å²) in [6.45, 7) is 2.65. The molecule has 24 heavy (non-hydrogen) atoms. The summed E-state index contributed by atoms with van der Waals surface area (Å²) in [5, 5.41) is 11.9. The van der Waals surface area contributed by atoms with Gasteiger partial charge in [0.1, 0.15) is 17.1 Å². The van der Waals surface area contributed by atoms with Crippen LogP contribution in [0.5, 0.6) is 11.5 Å². The van der Waals surface area contributed by atoms with Gasteiger partial charge in [0.05, 0.1) is 20.8 Å². The molecule has 1 aliphatic carbocycles. The summed E-state index contributed by atoms with van der Waals surface area (Å²) in [5.74, 6) is -0.148. The predicted octanol–water partition coefficient (Wildman–Crippen LogP) is 1.37. The van der Waals surface area contributed by atoms with Gasteiger partial charge in [0.2, 0.25) is 0 Å². The van der Waals surface area contributed by atoms with Crippen LogP contribution in [-0.4, -0.2) is 61.3 Å². The van der Waals surface area contributed by atoms with Gasteiger partial charge in [0, 0.05) is 12.1 Å². The minimum Gasteiger partial charge on any atom is -0.496 e. The van der Waals surface area contributed by atoms with Crippen molar-refractivity contribution in [3.05, 3.63) is 23.8 Å². The Morgan fingerprint density at radius 3 is 2.29 bits per heavy atom. The largest absolute Gasteiger partial charge is 0.496 e. The SMILES string of the molecule is CCN(CC(=O)O)C1CC(NC(=O)c2c(OC)cccc2OC)C1. The molecule has 0 bridgehead atoms. The topological polar surface area (TPSA) is 88.1 Å². The van der Waals surface area contributed by atoms with Gasteiger partial charge in [-0.25, -0.2) is 0 Å². The number of nitrogens with one attached hydrogen (secondary N) is 1. The van der Waals surface area contributed by atoms with Crippen LogP contribution in [0.4, 0.5) is 0 Å². The van der Waals surface area contributed by atoms with Crippen LogP contribution in [0.15, 0.2) is 18.2 Å². The van der Waals surface area contributed by atoms with Crippen molar-refractivity contribution < 1.29 is 24.2 Å². The fourth-order valence-corrected chi connectivity index (χ4v) is 3.01. The van der Waals surface area contributed by atoms with Gasteiger partial charge in [-0.05, 0) is 31.5 Å². The highest BCUT2D eigenvalue weighted by Gasteiger charge is 2.35. The summed E-state index contributed by atoms with van der Waals surface area (Å²) < 4.78 is 10.5. The van der Waals surface area contributed by atoms with Crippen LogP contribution in [0.1, 0.15) is 30.1 Å². The fourth-order valence-electron chi connectivity index (χ4n) is 3.01. The Labute approximate surface area is 141 Å². The number of rotatable bonds is 8. The van der Waals surface area contributed by atoms with Crippen molar-refractivity contribution in [2.75, 3.05) is 27.3 Å². The molecule has 1 fully saturated rings.